The highest BCUT2D eigenvalue weighted by atomic mass is 16.5. The van der Waals surface area contributed by atoms with Gasteiger partial charge in [-0.3, -0.25) is 4.79 Å². The second kappa shape index (κ2) is 7.27. The molecule has 3 aromatic carbocycles. The van der Waals surface area contributed by atoms with Crippen LogP contribution < -0.4 is 19.1 Å². The van der Waals surface area contributed by atoms with Gasteiger partial charge in [-0.25, -0.2) is 4.79 Å². The minimum atomic E-state index is -1.04. The molecule has 3 aliphatic rings. The third-order valence-corrected chi connectivity index (χ3v) is 6.56. The van der Waals surface area contributed by atoms with E-state index in [0.29, 0.717) is 24.7 Å². The Hall–Kier alpha value is -4.00. The lowest BCUT2D eigenvalue weighted by atomic mass is 9.76. The van der Waals surface area contributed by atoms with Crippen LogP contribution in [0.15, 0.2) is 60.7 Å². The van der Waals surface area contributed by atoms with Crippen LogP contribution in [-0.2, 0) is 28.0 Å². The van der Waals surface area contributed by atoms with Crippen molar-refractivity contribution in [1.29, 1.82) is 0 Å². The number of amides is 1. The molecule has 0 bridgehead atoms. The number of anilines is 1. The van der Waals surface area contributed by atoms with Crippen molar-refractivity contribution >= 4 is 17.6 Å². The Morgan fingerprint density at radius 3 is 2.79 bits per heavy atom. The van der Waals surface area contributed by atoms with Gasteiger partial charge in [0.25, 0.3) is 0 Å². The van der Waals surface area contributed by atoms with Crippen LogP contribution in [0.3, 0.4) is 0 Å². The maximum Gasteiger partial charge on any atom is 0.341 e. The lowest BCUT2D eigenvalue weighted by molar-refractivity contribution is -0.139. The second-order valence-corrected chi connectivity index (χ2v) is 8.49. The van der Waals surface area contributed by atoms with Gasteiger partial charge in [-0.1, -0.05) is 30.3 Å². The number of carbonyl (C=O) groups excluding carboxylic acids is 1. The van der Waals surface area contributed by atoms with Crippen molar-refractivity contribution in [3.63, 3.8) is 0 Å². The molecule has 3 aromatic rings. The molecular weight excluding hydrogens is 422 g/mol. The molecule has 0 saturated heterocycles. The van der Waals surface area contributed by atoms with Gasteiger partial charge in [0.05, 0.1) is 13.2 Å². The van der Waals surface area contributed by atoms with Crippen LogP contribution in [0.2, 0.25) is 0 Å². The topological polar surface area (TPSA) is 85.3 Å². The number of carbonyl (C=O) groups is 2. The van der Waals surface area contributed by atoms with Crippen molar-refractivity contribution in [2.75, 3.05) is 24.7 Å². The highest BCUT2D eigenvalue weighted by molar-refractivity contribution is 6.11. The maximum atomic E-state index is 14.1. The van der Waals surface area contributed by atoms with Crippen molar-refractivity contribution in [3.05, 3.63) is 82.9 Å². The quantitative estimate of drug-likeness (QED) is 0.651. The monoisotopic (exact) mass is 443 g/mol. The van der Waals surface area contributed by atoms with E-state index in [0.717, 1.165) is 40.1 Å². The average molecular weight is 443 g/mol. The van der Waals surface area contributed by atoms with E-state index in [1.165, 1.54) is 0 Å². The molecule has 0 aromatic heterocycles. The number of carboxylic acid groups (broad SMARTS) is 1. The molecule has 7 heteroatoms. The number of aliphatic carboxylic acids is 1. The molecule has 0 radical (unpaired) electrons. The number of rotatable bonds is 5. The summed E-state index contributed by atoms with van der Waals surface area (Å²) in [7, 11) is 0. The zero-order valence-electron chi connectivity index (χ0n) is 17.7. The highest BCUT2D eigenvalue weighted by Crippen LogP contribution is 2.54. The molecule has 33 heavy (non-hydrogen) atoms. The van der Waals surface area contributed by atoms with Gasteiger partial charge in [0.15, 0.2) is 6.61 Å². The van der Waals surface area contributed by atoms with Gasteiger partial charge in [0, 0.05) is 23.7 Å². The second-order valence-electron chi connectivity index (χ2n) is 8.49. The summed E-state index contributed by atoms with van der Waals surface area (Å²) in [6, 6.07) is 19.0. The average Bonchev–Trinajstić information content (AvgIpc) is 3.49. The van der Waals surface area contributed by atoms with Crippen LogP contribution in [-0.4, -0.2) is 36.8 Å². The lowest BCUT2D eigenvalue weighted by Crippen LogP contribution is -2.42. The Morgan fingerprint density at radius 2 is 1.91 bits per heavy atom. The number of nitrogens with zero attached hydrogens (tertiary/aromatic N) is 1. The molecule has 3 aliphatic heterocycles. The Morgan fingerprint density at radius 1 is 1.03 bits per heavy atom. The number of carboxylic acids is 1. The summed E-state index contributed by atoms with van der Waals surface area (Å²) in [5.41, 5.74) is 3.75. The van der Waals surface area contributed by atoms with Crippen LogP contribution in [0, 0.1) is 0 Å². The molecule has 1 spiro atoms. The molecule has 166 valence electrons. The smallest absolute Gasteiger partial charge is 0.341 e. The first-order valence-corrected chi connectivity index (χ1v) is 10.8. The molecule has 3 heterocycles. The van der Waals surface area contributed by atoms with Gasteiger partial charge in [-0.15, -0.1) is 0 Å². The van der Waals surface area contributed by atoms with E-state index in [1.807, 2.05) is 36.4 Å². The lowest BCUT2D eigenvalue weighted by Gasteiger charge is -2.23. The van der Waals surface area contributed by atoms with Gasteiger partial charge in [0.2, 0.25) is 5.91 Å². The Labute approximate surface area is 190 Å². The predicted molar refractivity (Wildman–Crippen MR) is 119 cm³/mol. The van der Waals surface area contributed by atoms with E-state index in [9.17, 15) is 9.59 Å². The summed E-state index contributed by atoms with van der Waals surface area (Å²) in [6.45, 7) is 0.812. The Kier molecular flexibility index (Phi) is 4.33. The maximum absolute atomic E-state index is 14.1. The van der Waals surface area contributed by atoms with Crippen LogP contribution in [0.5, 0.6) is 17.2 Å². The third kappa shape index (κ3) is 2.96. The summed E-state index contributed by atoms with van der Waals surface area (Å²) in [6.07, 6.45) is 0.821. The molecule has 1 amide bonds. The minimum Gasteiger partial charge on any atom is -0.493 e. The van der Waals surface area contributed by atoms with Gasteiger partial charge in [-0.05, 0) is 41.0 Å². The Balaban J connectivity index is 1.39. The van der Waals surface area contributed by atoms with Crippen molar-refractivity contribution in [2.24, 2.45) is 0 Å². The number of ether oxygens (including phenoxy) is 3. The first-order valence-electron chi connectivity index (χ1n) is 10.8. The fourth-order valence-electron chi connectivity index (χ4n) is 5.07. The molecule has 0 aliphatic carbocycles. The van der Waals surface area contributed by atoms with Crippen molar-refractivity contribution in [1.82, 2.24) is 0 Å². The SMILES string of the molecule is O=C(O)COc1cccc(CN2C(=O)C3(COc4cc5c(cc43)CCO5)c3ccccc32)c1. The van der Waals surface area contributed by atoms with Gasteiger partial charge in [-0.2, -0.15) is 0 Å². The fraction of sp³-hybridized carbons (Fsp3) is 0.231. The molecule has 7 nitrogen and oxygen atoms in total. The highest BCUT2D eigenvalue weighted by Gasteiger charge is 2.57. The molecule has 1 atom stereocenters. The standard InChI is InChI=1S/C26H21NO6/c28-24(29)14-32-18-5-3-4-16(10-18)13-27-21-7-2-1-6-19(21)26(25(27)30)15-33-23-12-22-17(8-9-31-22)11-20(23)26/h1-7,10-12H,8-9,13-15H2,(H,28,29). The number of hydrogen-bond donors (Lipinski definition) is 1. The summed E-state index contributed by atoms with van der Waals surface area (Å²) < 4.78 is 17.1. The normalized spacial score (nSPS) is 19.6. The number of para-hydroxylation sites is 1. The first kappa shape index (κ1) is 19.7. The van der Waals surface area contributed by atoms with E-state index >= 15 is 0 Å². The summed E-state index contributed by atoms with van der Waals surface area (Å²) in [5, 5.41) is 8.88. The minimum absolute atomic E-state index is 0.0295. The fourth-order valence-corrected chi connectivity index (χ4v) is 5.07. The van der Waals surface area contributed by atoms with Crippen molar-refractivity contribution in [2.45, 2.75) is 18.4 Å². The summed E-state index contributed by atoms with van der Waals surface area (Å²) >= 11 is 0. The molecule has 6 rings (SSSR count). The van der Waals surface area contributed by atoms with Crippen LogP contribution >= 0.6 is 0 Å². The van der Waals surface area contributed by atoms with E-state index in [2.05, 4.69) is 6.07 Å². The largest absolute Gasteiger partial charge is 0.493 e. The van der Waals surface area contributed by atoms with Gasteiger partial charge in [0.1, 0.15) is 29.3 Å². The van der Waals surface area contributed by atoms with E-state index in [1.54, 1.807) is 23.1 Å². The summed E-state index contributed by atoms with van der Waals surface area (Å²) in [4.78, 5) is 26.7. The van der Waals surface area contributed by atoms with Crippen molar-refractivity contribution < 1.29 is 28.9 Å². The van der Waals surface area contributed by atoms with Crippen LogP contribution in [0.25, 0.3) is 0 Å². The van der Waals surface area contributed by atoms with E-state index < -0.39 is 18.0 Å². The molecule has 1 unspecified atom stereocenters. The zero-order valence-corrected chi connectivity index (χ0v) is 17.7. The van der Waals surface area contributed by atoms with Gasteiger partial charge >= 0.3 is 5.97 Å². The first-order chi connectivity index (χ1) is 16.1. The Bertz CT molecular complexity index is 1300. The number of fused-ring (bicyclic) bond motifs is 5. The molecule has 0 saturated carbocycles. The van der Waals surface area contributed by atoms with Crippen LogP contribution in [0.1, 0.15) is 22.3 Å². The number of benzene rings is 3. The predicted octanol–water partition coefficient (Wildman–Crippen LogP) is 3.31. The molecule has 0 fully saturated rings. The zero-order chi connectivity index (χ0) is 22.6. The van der Waals surface area contributed by atoms with Gasteiger partial charge < -0.3 is 24.2 Å². The van der Waals surface area contributed by atoms with Crippen LogP contribution in [0.4, 0.5) is 5.69 Å². The summed E-state index contributed by atoms with van der Waals surface area (Å²) in [5.74, 6) is 0.917. The third-order valence-electron chi connectivity index (χ3n) is 6.56. The number of hydrogen-bond acceptors (Lipinski definition) is 5. The van der Waals surface area contributed by atoms with Crippen molar-refractivity contribution in [3.8, 4) is 17.2 Å². The van der Waals surface area contributed by atoms with E-state index in [-0.39, 0.29) is 12.5 Å². The van der Waals surface area contributed by atoms with E-state index in [4.69, 9.17) is 19.3 Å². The molecular formula is C26H21NO6. The molecule has 1 N–H and O–H groups in total.